The number of carbonyl (C=O) groups is 1. The van der Waals surface area contributed by atoms with E-state index >= 15 is 0 Å². The highest BCUT2D eigenvalue weighted by Crippen LogP contribution is 2.38. The van der Waals surface area contributed by atoms with E-state index in [1.165, 1.54) is 39.5 Å². The molecule has 0 spiro atoms. The number of hydrogen-bond acceptors (Lipinski definition) is 4. The van der Waals surface area contributed by atoms with E-state index < -0.39 is 11.8 Å². The van der Waals surface area contributed by atoms with E-state index in [1.807, 2.05) is 0 Å². The number of amides is 2. The molecular weight excluding hydrogens is 315 g/mol. The summed E-state index contributed by atoms with van der Waals surface area (Å²) in [7, 11) is 4.56. The Morgan fingerprint density at radius 3 is 2.25 bits per heavy atom. The maximum absolute atomic E-state index is 13.1. The maximum Gasteiger partial charge on any atom is 0.319 e. The normalized spacial score (nSPS) is 10.0. The number of carbonyl (C=O) groups excluding carboxylic acids is 1. The first kappa shape index (κ1) is 17.4. The topological polar surface area (TPSA) is 68.8 Å². The number of urea groups is 1. The van der Waals surface area contributed by atoms with Crippen molar-refractivity contribution in [2.45, 2.75) is 6.54 Å². The molecule has 24 heavy (non-hydrogen) atoms. The van der Waals surface area contributed by atoms with Gasteiger partial charge in [-0.15, -0.1) is 0 Å². The molecule has 0 unspecified atom stereocenters. The number of hydrogen-bond donors (Lipinski definition) is 2. The van der Waals surface area contributed by atoms with Crippen LogP contribution in [0.15, 0.2) is 36.4 Å². The van der Waals surface area contributed by atoms with Crippen LogP contribution in [0.2, 0.25) is 0 Å². The van der Waals surface area contributed by atoms with Gasteiger partial charge >= 0.3 is 6.03 Å². The zero-order chi connectivity index (χ0) is 17.5. The van der Waals surface area contributed by atoms with Crippen LogP contribution in [0, 0.1) is 5.82 Å². The van der Waals surface area contributed by atoms with Crippen LogP contribution in [0.4, 0.5) is 14.9 Å². The number of ether oxygens (including phenoxy) is 3. The largest absolute Gasteiger partial charge is 0.493 e. The quantitative estimate of drug-likeness (QED) is 0.851. The summed E-state index contributed by atoms with van der Waals surface area (Å²) >= 11 is 0. The van der Waals surface area contributed by atoms with Gasteiger partial charge in [0.25, 0.3) is 0 Å². The lowest BCUT2D eigenvalue weighted by Gasteiger charge is -2.14. The lowest BCUT2D eigenvalue weighted by atomic mass is 10.2. The molecule has 0 saturated heterocycles. The first-order chi connectivity index (χ1) is 11.6. The van der Waals surface area contributed by atoms with Crippen LogP contribution in [0.25, 0.3) is 0 Å². The number of methoxy groups -OCH3 is 3. The van der Waals surface area contributed by atoms with E-state index in [9.17, 15) is 9.18 Å². The van der Waals surface area contributed by atoms with Crippen molar-refractivity contribution in [2.75, 3.05) is 26.6 Å². The number of nitrogens with one attached hydrogen (secondary N) is 2. The Labute approximate surface area is 139 Å². The summed E-state index contributed by atoms with van der Waals surface area (Å²) in [5, 5.41) is 5.24. The Bertz CT molecular complexity index is 696. The van der Waals surface area contributed by atoms with Crippen molar-refractivity contribution < 1.29 is 23.4 Å². The standard InChI is InChI=1S/C17H19FN2O4/c1-22-14-7-11(8-15(23-2)16(14)24-3)10-19-17(21)20-13-6-4-5-12(18)9-13/h4-9H,10H2,1-3H3,(H2,19,20,21). The zero-order valence-electron chi connectivity index (χ0n) is 13.7. The number of anilines is 1. The average molecular weight is 334 g/mol. The molecule has 2 rings (SSSR count). The fourth-order valence-corrected chi connectivity index (χ4v) is 2.16. The molecule has 2 aromatic rings. The molecule has 128 valence electrons. The zero-order valence-corrected chi connectivity index (χ0v) is 13.7. The second kappa shape index (κ2) is 8.05. The van der Waals surface area contributed by atoms with Gasteiger partial charge in [0.15, 0.2) is 11.5 Å². The summed E-state index contributed by atoms with van der Waals surface area (Å²) in [6.07, 6.45) is 0. The highest BCUT2D eigenvalue weighted by atomic mass is 19.1. The lowest BCUT2D eigenvalue weighted by molar-refractivity contribution is 0.251. The van der Waals surface area contributed by atoms with Crippen molar-refractivity contribution in [2.24, 2.45) is 0 Å². The van der Waals surface area contributed by atoms with Crippen LogP contribution in [0.5, 0.6) is 17.2 Å². The Kier molecular flexibility index (Phi) is 5.83. The number of halogens is 1. The second-order valence-electron chi connectivity index (χ2n) is 4.85. The van der Waals surface area contributed by atoms with Crippen LogP contribution in [0.3, 0.4) is 0 Å². The highest BCUT2D eigenvalue weighted by Gasteiger charge is 2.13. The molecule has 0 atom stereocenters. The summed E-state index contributed by atoms with van der Waals surface area (Å²) < 4.78 is 28.9. The van der Waals surface area contributed by atoms with Crippen LogP contribution in [0.1, 0.15) is 5.56 Å². The minimum absolute atomic E-state index is 0.234. The first-order valence-corrected chi connectivity index (χ1v) is 7.16. The van der Waals surface area contributed by atoms with Gasteiger partial charge in [-0.2, -0.15) is 0 Å². The van der Waals surface area contributed by atoms with Gasteiger partial charge in [-0.3, -0.25) is 0 Å². The molecule has 7 heteroatoms. The smallest absolute Gasteiger partial charge is 0.319 e. The summed E-state index contributed by atoms with van der Waals surface area (Å²) in [4.78, 5) is 11.9. The minimum Gasteiger partial charge on any atom is -0.493 e. The predicted octanol–water partition coefficient (Wildman–Crippen LogP) is 3.17. The number of benzene rings is 2. The van der Waals surface area contributed by atoms with Gasteiger partial charge in [-0.1, -0.05) is 6.07 Å². The number of rotatable bonds is 6. The molecule has 0 fully saturated rings. The Balaban J connectivity index is 2.04. The Morgan fingerprint density at radius 2 is 1.71 bits per heavy atom. The van der Waals surface area contributed by atoms with Gasteiger partial charge in [0.2, 0.25) is 5.75 Å². The van der Waals surface area contributed by atoms with Crippen molar-refractivity contribution in [3.8, 4) is 17.2 Å². The fraction of sp³-hybridized carbons (Fsp3) is 0.235. The molecule has 2 N–H and O–H groups in total. The molecule has 2 aromatic carbocycles. The van der Waals surface area contributed by atoms with E-state index in [1.54, 1.807) is 18.2 Å². The summed E-state index contributed by atoms with van der Waals surface area (Å²) in [6, 6.07) is 8.69. The average Bonchev–Trinajstić information content (AvgIpc) is 2.58. The molecule has 0 aliphatic heterocycles. The van der Waals surface area contributed by atoms with Crippen LogP contribution < -0.4 is 24.8 Å². The first-order valence-electron chi connectivity index (χ1n) is 7.16. The van der Waals surface area contributed by atoms with Gasteiger partial charge in [0.1, 0.15) is 5.82 Å². The van der Waals surface area contributed by atoms with Gasteiger partial charge in [0.05, 0.1) is 21.3 Å². The summed E-state index contributed by atoms with van der Waals surface area (Å²) in [6.45, 7) is 0.234. The molecule has 0 aliphatic rings. The third-order valence-electron chi connectivity index (χ3n) is 3.26. The van der Waals surface area contributed by atoms with E-state index in [2.05, 4.69) is 10.6 Å². The Morgan fingerprint density at radius 1 is 1.04 bits per heavy atom. The third-order valence-corrected chi connectivity index (χ3v) is 3.26. The summed E-state index contributed by atoms with van der Waals surface area (Å²) in [5.41, 5.74) is 1.14. The minimum atomic E-state index is -0.450. The third kappa shape index (κ3) is 4.28. The maximum atomic E-state index is 13.1. The molecule has 2 amide bonds. The van der Waals surface area contributed by atoms with Crippen LogP contribution in [-0.2, 0) is 6.54 Å². The van der Waals surface area contributed by atoms with Crippen molar-refractivity contribution in [1.29, 1.82) is 0 Å². The van der Waals surface area contributed by atoms with E-state index in [-0.39, 0.29) is 6.54 Å². The van der Waals surface area contributed by atoms with Crippen molar-refractivity contribution in [3.63, 3.8) is 0 Å². The molecule has 0 aliphatic carbocycles. The van der Waals surface area contributed by atoms with Crippen LogP contribution in [-0.4, -0.2) is 27.4 Å². The van der Waals surface area contributed by atoms with Crippen molar-refractivity contribution >= 4 is 11.7 Å². The lowest BCUT2D eigenvalue weighted by Crippen LogP contribution is -2.28. The molecule has 6 nitrogen and oxygen atoms in total. The van der Waals surface area contributed by atoms with Crippen LogP contribution >= 0.6 is 0 Å². The van der Waals surface area contributed by atoms with Gasteiger partial charge in [-0.25, -0.2) is 9.18 Å². The van der Waals surface area contributed by atoms with E-state index in [4.69, 9.17) is 14.2 Å². The predicted molar refractivity (Wildman–Crippen MR) is 88.4 cm³/mol. The van der Waals surface area contributed by atoms with Crippen molar-refractivity contribution in [3.05, 3.63) is 47.8 Å². The van der Waals surface area contributed by atoms with E-state index in [0.29, 0.717) is 22.9 Å². The molecule has 0 bridgehead atoms. The molecular formula is C17H19FN2O4. The van der Waals surface area contributed by atoms with Gasteiger partial charge in [-0.05, 0) is 35.9 Å². The SMILES string of the molecule is COc1cc(CNC(=O)Nc2cccc(F)c2)cc(OC)c1OC. The van der Waals surface area contributed by atoms with Gasteiger partial charge < -0.3 is 24.8 Å². The molecule has 0 radical (unpaired) electrons. The molecule has 0 saturated carbocycles. The molecule has 0 aromatic heterocycles. The Hall–Kier alpha value is -2.96. The monoisotopic (exact) mass is 334 g/mol. The van der Waals surface area contributed by atoms with Crippen molar-refractivity contribution in [1.82, 2.24) is 5.32 Å². The fourth-order valence-electron chi connectivity index (χ4n) is 2.16. The second-order valence-corrected chi connectivity index (χ2v) is 4.85. The summed E-state index contributed by atoms with van der Waals surface area (Å²) in [5.74, 6) is 1.06. The molecule has 0 heterocycles. The van der Waals surface area contributed by atoms with E-state index in [0.717, 1.165) is 5.56 Å². The highest BCUT2D eigenvalue weighted by molar-refractivity contribution is 5.89. The van der Waals surface area contributed by atoms with Gasteiger partial charge in [0, 0.05) is 12.2 Å².